The van der Waals surface area contributed by atoms with E-state index in [1.807, 2.05) is 31.7 Å². The zero-order chi connectivity index (χ0) is 21.3. The third-order valence-electron chi connectivity index (χ3n) is 4.97. The summed E-state index contributed by atoms with van der Waals surface area (Å²) in [5.41, 5.74) is 3.40. The molecular weight excluding hydrogens is 356 g/mol. The van der Waals surface area contributed by atoms with Crippen LogP contribution in [0, 0.1) is 5.41 Å². The van der Waals surface area contributed by atoms with Crippen LogP contribution < -0.4 is 0 Å². The quantitative estimate of drug-likeness (QED) is 0.590. The van der Waals surface area contributed by atoms with Gasteiger partial charge in [0.1, 0.15) is 0 Å². The van der Waals surface area contributed by atoms with Gasteiger partial charge in [0.25, 0.3) is 0 Å². The summed E-state index contributed by atoms with van der Waals surface area (Å²) in [6.45, 7) is 10.7. The molecule has 154 valence electrons. The Labute approximate surface area is 175 Å². The van der Waals surface area contributed by atoms with Gasteiger partial charge in [-0.15, -0.1) is 0 Å². The second-order valence-electron chi connectivity index (χ2n) is 7.72. The molecule has 0 saturated heterocycles. The molecule has 3 rings (SSSR count). The molecule has 1 aromatic heterocycles. The van der Waals surface area contributed by atoms with Crippen molar-refractivity contribution in [3.05, 3.63) is 102 Å². The van der Waals surface area contributed by atoms with Crippen LogP contribution >= 0.6 is 0 Å². The van der Waals surface area contributed by atoms with E-state index in [-0.39, 0.29) is 11.5 Å². The first-order valence-electron chi connectivity index (χ1n) is 10.4. The SMILES string of the molecule is C/C=C\C1=C(C)C=CC(C)(C(C2=CCC(O)=CC=C2)n2ccnc2)C=C1.CCC. The van der Waals surface area contributed by atoms with E-state index < -0.39 is 0 Å². The topological polar surface area (TPSA) is 38.0 Å². The lowest BCUT2D eigenvalue weighted by Crippen LogP contribution is -2.27. The molecule has 2 unspecified atom stereocenters. The van der Waals surface area contributed by atoms with E-state index in [1.54, 1.807) is 6.08 Å². The normalized spacial score (nSPS) is 22.5. The summed E-state index contributed by atoms with van der Waals surface area (Å²) in [5, 5.41) is 9.87. The first kappa shape index (κ1) is 22.5. The molecule has 0 bridgehead atoms. The molecule has 3 nitrogen and oxygen atoms in total. The lowest BCUT2D eigenvalue weighted by Gasteiger charge is -2.34. The number of aliphatic hydroxyl groups is 1. The molecule has 3 heteroatoms. The standard InChI is InChI=1S/C23H26N2O.C3H8/c1-4-6-19-12-14-23(3,13-11-18(19)2)22(25-16-15-24-17-25)20-7-5-8-21(26)10-9-20;1-3-2/h4-9,11-17,22,26H,10H2,1-3H3;3H2,1-2H3/b6-4-;. The fourth-order valence-corrected chi connectivity index (χ4v) is 3.51. The molecule has 1 aromatic rings. The summed E-state index contributed by atoms with van der Waals surface area (Å²) in [6.07, 6.45) is 28.5. The molecule has 2 aliphatic carbocycles. The van der Waals surface area contributed by atoms with Crippen LogP contribution in [0.5, 0.6) is 0 Å². The highest BCUT2D eigenvalue weighted by Gasteiger charge is 2.33. The Balaban J connectivity index is 0.000000941. The van der Waals surface area contributed by atoms with E-state index in [0.29, 0.717) is 12.2 Å². The highest BCUT2D eigenvalue weighted by atomic mass is 16.3. The van der Waals surface area contributed by atoms with Gasteiger partial charge in [-0.2, -0.15) is 0 Å². The van der Waals surface area contributed by atoms with Crippen LogP contribution in [0.15, 0.2) is 102 Å². The largest absolute Gasteiger partial charge is 0.512 e. The van der Waals surface area contributed by atoms with Gasteiger partial charge in [-0.3, -0.25) is 0 Å². The Morgan fingerprint density at radius 2 is 1.97 bits per heavy atom. The molecule has 0 spiro atoms. The van der Waals surface area contributed by atoms with Crippen molar-refractivity contribution in [3.63, 3.8) is 0 Å². The fraction of sp³-hybridized carbons (Fsp3) is 0.346. The highest BCUT2D eigenvalue weighted by molar-refractivity contribution is 5.46. The molecule has 29 heavy (non-hydrogen) atoms. The second kappa shape index (κ2) is 10.7. The zero-order valence-corrected chi connectivity index (χ0v) is 18.3. The summed E-state index contributed by atoms with van der Waals surface area (Å²) in [6, 6.07) is 0.0470. The molecule has 2 atom stereocenters. The third kappa shape index (κ3) is 5.83. The second-order valence-corrected chi connectivity index (χ2v) is 7.72. The maximum atomic E-state index is 9.87. The first-order chi connectivity index (χ1) is 13.9. The number of hydrogen-bond donors (Lipinski definition) is 1. The Kier molecular flexibility index (Phi) is 8.26. The van der Waals surface area contributed by atoms with Crippen LogP contribution in [0.1, 0.15) is 53.5 Å². The van der Waals surface area contributed by atoms with Gasteiger partial charge < -0.3 is 9.67 Å². The molecule has 0 aromatic carbocycles. The van der Waals surface area contributed by atoms with E-state index in [1.165, 1.54) is 17.6 Å². The van der Waals surface area contributed by atoms with Crippen molar-refractivity contribution in [2.24, 2.45) is 5.41 Å². The van der Waals surface area contributed by atoms with Gasteiger partial charge in [0, 0.05) is 24.2 Å². The van der Waals surface area contributed by atoms with E-state index in [2.05, 4.69) is 85.9 Å². The van der Waals surface area contributed by atoms with Crippen molar-refractivity contribution in [2.45, 2.75) is 53.5 Å². The predicted octanol–water partition coefficient (Wildman–Crippen LogP) is 7.19. The summed E-state index contributed by atoms with van der Waals surface area (Å²) >= 11 is 0. The van der Waals surface area contributed by atoms with Crippen LogP contribution in [0.2, 0.25) is 0 Å². The van der Waals surface area contributed by atoms with Crippen molar-refractivity contribution < 1.29 is 5.11 Å². The van der Waals surface area contributed by atoms with Crippen LogP contribution in [-0.4, -0.2) is 14.7 Å². The van der Waals surface area contributed by atoms with Gasteiger partial charge in [0.15, 0.2) is 0 Å². The summed E-state index contributed by atoms with van der Waals surface area (Å²) in [4.78, 5) is 4.26. The Bertz CT molecular complexity index is 876. The Morgan fingerprint density at radius 1 is 1.24 bits per heavy atom. The average Bonchev–Trinajstić information content (AvgIpc) is 3.07. The number of hydrogen-bond acceptors (Lipinski definition) is 2. The third-order valence-corrected chi connectivity index (χ3v) is 4.97. The maximum absolute atomic E-state index is 9.87. The Morgan fingerprint density at radius 3 is 2.62 bits per heavy atom. The van der Waals surface area contributed by atoms with Gasteiger partial charge in [0.05, 0.1) is 18.1 Å². The monoisotopic (exact) mass is 390 g/mol. The molecule has 2 aliphatic rings. The molecule has 0 aliphatic heterocycles. The zero-order valence-electron chi connectivity index (χ0n) is 18.3. The van der Waals surface area contributed by atoms with E-state index in [9.17, 15) is 5.11 Å². The van der Waals surface area contributed by atoms with Gasteiger partial charge in [-0.05, 0) is 36.6 Å². The van der Waals surface area contributed by atoms with Crippen molar-refractivity contribution in [2.75, 3.05) is 0 Å². The van der Waals surface area contributed by atoms with Crippen molar-refractivity contribution in [1.82, 2.24) is 9.55 Å². The lowest BCUT2D eigenvalue weighted by atomic mass is 9.77. The maximum Gasteiger partial charge on any atom is 0.0960 e. The number of aliphatic hydroxyl groups excluding tert-OH is 1. The van der Waals surface area contributed by atoms with Crippen molar-refractivity contribution in [1.29, 1.82) is 0 Å². The van der Waals surface area contributed by atoms with Gasteiger partial charge >= 0.3 is 0 Å². The van der Waals surface area contributed by atoms with Gasteiger partial charge in [-0.25, -0.2) is 4.98 Å². The van der Waals surface area contributed by atoms with Gasteiger partial charge in [-0.1, -0.05) is 81.9 Å². The summed E-state index contributed by atoms with van der Waals surface area (Å²) in [7, 11) is 0. The van der Waals surface area contributed by atoms with Crippen molar-refractivity contribution in [3.8, 4) is 0 Å². The smallest absolute Gasteiger partial charge is 0.0960 e. The van der Waals surface area contributed by atoms with Crippen LogP contribution in [0.25, 0.3) is 0 Å². The van der Waals surface area contributed by atoms with E-state index in [4.69, 9.17) is 0 Å². The number of rotatable bonds is 4. The molecule has 1 heterocycles. The molecule has 1 N–H and O–H groups in total. The fourth-order valence-electron chi connectivity index (χ4n) is 3.51. The van der Waals surface area contributed by atoms with Crippen molar-refractivity contribution >= 4 is 0 Å². The number of allylic oxidation sites excluding steroid dienone is 13. The first-order valence-corrected chi connectivity index (χ1v) is 10.4. The lowest BCUT2D eigenvalue weighted by molar-refractivity contribution is 0.370. The number of nitrogens with zero attached hydrogens (tertiary/aromatic N) is 2. The van der Waals surface area contributed by atoms with E-state index in [0.717, 1.165) is 5.57 Å². The minimum absolute atomic E-state index is 0.0470. The molecule has 0 saturated carbocycles. The van der Waals surface area contributed by atoms with Gasteiger partial charge in [0.2, 0.25) is 0 Å². The van der Waals surface area contributed by atoms with Crippen LogP contribution in [0.4, 0.5) is 0 Å². The van der Waals surface area contributed by atoms with Crippen LogP contribution in [0.3, 0.4) is 0 Å². The predicted molar refractivity (Wildman–Crippen MR) is 124 cm³/mol. The molecule has 0 amide bonds. The van der Waals surface area contributed by atoms with Crippen LogP contribution in [-0.2, 0) is 0 Å². The number of aromatic nitrogens is 2. The van der Waals surface area contributed by atoms with E-state index >= 15 is 0 Å². The molecule has 0 radical (unpaired) electrons. The minimum Gasteiger partial charge on any atom is -0.512 e. The molecule has 0 fully saturated rings. The molecular formula is C26H34N2O. The Hall–Kier alpha value is -2.81. The summed E-state index contributed by atoms with van der Waals surface area (Å²) < 4.78 is 2.14. The number of imidazole rings is 1. The summed E-state index contributed by atoms with van der Waals surface area (Å²) in [5.74, 6) is 0.380. The minimum atomic E-state index is -0.235. The average molecular weight is 391 g/mol. The highest BCUT2D eigenvalue weighted by Crippen LogP contribution is 2.43.